The molecule has 0 fully saturated rings. The van der Waals surface area contributed by atoms with Crippen LogP contribution >= 0.6 is 23.6 Å². The van der Waals surface area contributed by atoms with Crippen LogP contribution in [0.4, 0.5) is 10.1 Å². The Labute approximate surface area is 125 Å². The summed E-state index contributed by atoms with van der Waals surface area (Å²) in [4.78, 5) is 0.615. The molecule has 2 aromatic rings. The fourth-order valence-electron chi connectivity index (χ4n) is 1.54. The third-order valence-corrected chi connectivity index (χ3v) is 5.86. The first-order valence-corrected chi connectivity index (χ1v) is 8.19. The first-order valence-electron chi connectivity index (χ1n) is 5.49. The van der Waals surface area contributed by atoms with Gasteiger partial charge >= 0.3 is 0 Å². The van der Waals surface area contributed by atoms with Crippen molar-refractivity contribution in [1.29, 1.82) is 0 Å². The van der Waals surface area contributed by atoms with Crippen molar-refractivity contribution in [2.75, 3.05) is 4.72 Å². The average Bonchev–Trinajstić information content (AvgIpc) is 2.84. The quantitative estimate of drug-likeness (QED) is 0.845. The van der Waals surface area contributed by atoms with Gasteiger partial charge in [0.05, 0.1) is 10.6 Å². The Morgan fingerprint density at radius 2 is 2.05 bits per heavy atom. The van der Waals surface area contributed by atoms with Gasteiger partial charge in [-0.2, -0.15) is 0 Å². The molecule has 0 unspecified atom stereocenters. The van der Waals surface area contributed by atoms with Gasteiger partial charge in [0.1, 0.15) is 15.0 Å². The lowest BCUT2D eigenvalue weighted by Gasteiger charge is -2.09. The molecule has 106 valence electrons. The highest BCUT2D eigenvalue weighted by atomic mass is 32.2. The maximum absolute atomic E-state index is 13.7. The number of aryl methyl sites for hydroxylation is 1. The molecule has 0 aliphatic rings. The number of thiophene rings is 1. The minimum atomic E-state index is -3.86. The number of thiocarbonyl (C=S) groups is 1. The highest BCUT2D eigenvalue weighted by Crippen LogP contribution is 2.26. The smallest absolute Gasteiger partial charge is 0.271 e. The van der Waals surface area contributed by atoms with Gasteiger partial charge in [-0.25, -0.2) is 12.8 Å². The number of hydrogen-bond acceptors (Lipinski definition) is 4. The van der Waals surface area contributed by atoms with Crippen LogP contribution in [0, 0.1) is 12.7 Å². The summed E-state index contributed by atoms with van der Waals surface area (Å²) in [7, 11) is -3.86. The Hall–Kier alpha value is -1.51. The molecule has 2 rings (SSSR count). The van der Waals surface area contributed by atoms with Crippen molar-refractivity contribution in [2.24, 2.45) is 5.73 Å². The van der Waals surface area contributed by atoms with Crippen molar-refractivity contribution < 1.29 is 12.8 Å². The van der Waals surface area contributed by atoms with Crippen molar-refractivity contribution in [3.63, 3.8) is 0 Å². The fourth-order valence-corrected chi connectivity index (χ4v) is 4.03. The number of rotatable bonds is 4. The number of para-hydroxylation sites is 1. The number of nitrogens with one attached hydrogen (secondary N) is 1. The molecule has 8 heteroatoms. The molecule has 0 aliphatic carbocycles. The van der Waals surface area contributed by atoms with E-state index in [4.69, 9.17) is 18.0 Å². The Morgan fingerprint density at radius 3 is 2.60 bits per heavy atom. The van der Waals surface area contributed by atoms with Crippen molar-refractivity contribution >= 4 is 44.3 Å². The summed E-state index contributed by atoms with van der Waals surface area (Å²) < 4.78 is 40.3. The van der Waals surface area contributed by atoms with E-state index in [1.165, 1.54) is 24.3 Å². The zero-order chi connectivity index (χ0) is 14.9. The Kier molecular flexibility index (Phi) is 4.07. The predicted octanol–water partition coefficient (Wildman–Crippen LogP) is 2.63. The molecule has 1 aromatic heterocycles. The zero-order valence-electron chi connectivity index (χ0n) is 10.4. The van der Waals surface area contributed by atoms with Gasteiger partial charge in [-0.05, 0) is 30.7 Å². The summed E-state index contributed by atoms with van der Waals surface area (Å²) in [6, 6.07) is 7.24. The Morgan fingerprint density at radius 1 is 1.35 bits per heavy atom. The van der Waals surface area contributed by atoms with Gasteiger partial charge in [0.2, 0.25) is 0 Å². The molecule has 0 saturated carbocycles. The van der Waals surface area contributed by atoms with Crippen LogP contribution in [-0.4, -0.2) is 13.4 Å². The second-order valence-electron chi connectivity index (χ2n) is 4.02. The number of nitrogens with two attached hydrogens (primary N) is 1. The molecule has 0 spiro atoms. The van der Waals surface area contributed by atoms with Crippen molar-refractivity contribution in [3.05, 3.63) is 46.6 Å². The van der Waals surface area contributed by atoms with Crippen LogP contribution in [0.5, 0.6) is 0 Å². The van der Waals surface area contributed by atoms with E-state index in [-0.39, 0.29) is 14.9 Å². The number of hydrogen-bond donors (Lipinski definition) is 2. The van der Waals surface area contributed by atoms with E-state index in [9.17, 15) is 12.8 Å². The van der Waals surface area contributed by atoms with Gasteiger partial charge in [0.15, 0.2) is 0 Å². The first kappa shape index (κ1) is 14.9. The SMILES string of the molecule is Cc1cccc(F)c1NS(=O)(=O)c1ccc(C(N)=S)s1. The van der Waals surface area contributed by atoms with E-state index in [2.05, 4.69) is 4.72 Å². The molecular weight excluding hydrogens is 319 g/mol. The van der Waals surface area contributed by atoms with Crippen LogP contribution in [0.2, 0.25) is 0 Å². The normalized spacial score (nSPS) is 11.3. The topological polar surface area (TPSA) is 72.2 Å². The van der Waals surface area contributed by atoms with E-state index in [1.807, 2.05) is 0 Å². The summed E-state index contributed by atoms with van der Waals surface area (Å²) in [5.41, 5.74) is 5.88. The lowest BCUT2D eigenvalue weighted by atomic mass is 10.2. The number of sulfonamides is 1. The number of anilines is 1. The van der Waals surface area contributed by atoms with Crippen LogP contribution < -0.4 is 10.5 Å². The van der Waals surface area contributed by atoms with Crippen LogP contribution in [-0.2, 0) is 10.0 Å². The molecule has 1 heterocycles. The van der Waals surface area contributed by atoms with Gasteiger partial charge < -0.3 is 5.73 Å². The van der Waals surface area contributed by atoms with E-state index >= 15 is 0 Å². The molecule has 0 atom stereocenters. The van der Waals surface area contributed by atoms with Crippen LogP contribution in [0.15, 0.2) is 34.5 Å². The fraction of sp³-hybridized carbons (Fsp3) is 0.0833. The van der Waals surface area contributed by atoms with Gasteiger partial charge in [-0.3, -0.25) is 4.72 Å². The highest BCUT2D eigenvalue weighted by Gasteiger charge is 2.20. The molecule has 4 nitrogen and oxygen atoms in total. The van der Waals surface area contributed by atoms with Gasteiger partial charge in [-0.15, -0.1) is 11.3 Å². The van der Waals surface area contributed by atoms with E-state index in [0.29, 0.717) is 10.4 Å². The second-order valence-corrected chi connectivity index (χ2v) is 7.45. The highest BCUT2D eigenvalue weighted by molar-refractivity contribution is 7.94. The van der Waals surface area contributed by atoms with Crippen molar-refractivity contribution in [2.45, 2.75) is 11.1 Å². The molecule has 0 aliphatic heterocycles. The van der Waals surface area contributed by atoms with Crippen LogP contribution in [0.1, 0.15) is 10.4 Å². The molecular formula is C12H11FN2O2S3. The molecule has 3 N–H and O–H groups in total. The summed E-state index contributed by atoms with van der Waals surface area (Å²) in [5, 5.41) is 0. The number of benzene rings is 1. The van der Waals surface area contributed by atoms with E-state index in [0.717, 1.165) is 11.3 Å². The lowest BCUT2D eigenvalue weighted by Crippen LogP contribution is -2.13. The Balaban J connectivity index is 2.38. The molecule has 1 aromatic carbocycles. The minimum Gasteiger partial charge on any atom is -0.389 e. The lowest BCUT2D eigenvalue weighted by molar-refractivity contribution is 0.600. The largest absolute Gasteiger partial charge is 0.389 e. The molecule has 0 amide bonds. The summed E-state index contributed by atoms with van der Waals surface area (Å²) in [5.74, 6) is -0.625. The standard InChI is InChI=1S/C12H11FN2O2S3/c1-7-3-2-4-8(13)11(7)15-20(16,17)10-6-5-9(19-10)12(14)18/h2-6,15H,1H3,(H2,14,18). The molecule has 0 bridgehead atoms. The van der Waals surface area contributed by atoms with Crippen molar-refractivity contribution in [1.82, 2.24) is 0 Å². The number of halogens is 1. The minimum absolute atomic E-state index is 0.0305. The van der Waals surface area contributed by atoms with Gasteiger partial charge in [0, 0.05) is 0 Å². The van der Waals surface area contributed by atoms with E-state index in [1.54, 1.807) is 13.0 Å². The summed E-state index contributed by atoms with van der Waals surface area (Å²) in [6.45, 7) is 1.62. The second kappa shape index (κ2) is 5.47. The third kappa shape index (κ3) is 2.97. The maximum atomic E-state index is 13.7. The van der Waals surface area contributed by atoms with Gasteiger partial charge in [-0.1, -0.05) is 24.4 Å². The monoisotopic (exact) mass is 330 g/mol. The van der Waals surface area contributed by atoms with Crippen LogP contribution in [0.25, 0.3) is 0 Å². The van der Waals surface area contributed by atoms with Gasteiger partial charge in [0.25, 0.3) is 10.0 Å². The molecule has 20 heavy (non-hydrogen) atoms. The maximum Gasteiger partial charge on any atom is 0.271 e. The third-order valence-electron chi connectivity index (χ3n) is 2.55. The zero-order valence-corrected chi connectivity index (χ0v) is 12.8. The summed E-state index contributed by atoms with van der Waals surface area (Å²) >= 11 is 5.72. The average molecular weight is 330 g/mol. The predicted molar refractivity (Wildman–Crippen MR) is 82.2 cm³/mol. The van der Waals surface area contributed by atoms with Crippen molar-refractivity contribution in [3.8, 4) is 0 Å². The molecule has 0 radical (unpaired) electrons. The Bertz CT molecular complexity index is 749. The first-order chi connectivity index (χ1) is 9.31. The van der Waals surface area contributed by atoms with Crippen LogP contribution in [0.3, 0.4) is 0 Å². The molecule has 0 saturated heterocycles. The van der Waals surface area contributed by atoms with E-state index < -0.39 is 15.8 Å². The summed E-state index contributed by atoms with van der Waals surface area (Å²) in [6.07, 6.45) is 0.